The first-order chi connectivity index (χ1) is 10.7. The fourth-order valence-electron chi connectivity index (χ4n) is 3.11. The van der Waals surface area contributed by atoms with E-state index >= 15 is 0 Å². The predicted molar refractivity (Wildman–Crippen MR) is 84.0 cm³/mol. The molecule has 0 aromatic heterocycles. The van der Waals surface area contributed by atoms with Crippen LogP contribution in [-0.4, -0.2) is 31.2 Å². The Morgan fingerprint density at radius 3 is 3.00 bits per heavy atom. The van der Waals surface area contributed by atoms with Crippen LogP contribution in [0.5, 0.6) is 0 Å². The minimum absolute atomic E-state index is 0.00882. The van der Waals surface area contributed by atoms with Crippen molar-refractivity contribution in [2.75, 3.05) is 18.0 Å². The first-order valence-corrected chi connectivity index (χ1v) is 8.04. The number of fused-ring (bicyclic) bond motifs is 1. The zero-order valence-corrected chi connectivity index (χ0v) is 12.9. The van der Waals surface area contributed by atoms with Gasteiger partial charge in [0.2, 0.25) is 5.91 Å². The molecular formula is C17H22N2O3. The van der Waals surface area contributed by atoms with Gasteiger partial charge in [-0.15, -0.1) is 0 Å². The number of nitrogens with one attached hydrogen (secondary N) is 1. The zero-order valence-electron chi connectivity index (χ0n) is 12.9. The highest BCUT2D eigenvalue weighted by Crippen LogP contribution is 2.29. The van der Waals surface area contributed by atoms with Crippen molar-refractivity contribution >= 4 is 17.7 Å². The summed E-state index contributed by atoms with van der Waals surface area (Å²) in [6, 6.07) is 6.20. The standard InChI is InChI=1S/C17H22N2O3/c1-2-4-16(20)18-10-15-11-19(17(21)22-15)14-8-7-12-5-3-6-13(12)9-14/h7-9,15H,2-6,10-11H2,1H3,(H,18,20)/t15-/m0/s1. The molecule has 2 amide bonds. The van der Waals surface area contributed by atoms with Crippen LogP contribution in [-0.2, 0) is 22.4 Å². The lowest BCUT2D eigenvalue weighted by atomic mass is 10.1. The molecule has 1 aromatic carbocycles. The molecule has 1 fully saturated rings. The second-order valence-electron chi connectivity index (χ2n) is 5.98. The van der Waals surface area contributed by atoms with E-state index in [1.54, 1.807) is 4.90 Å². The van der Waals surface area contributed by atoms with E-state index in [-0.39, 0.29) is 18.1 Å². The molecule has 1 aliphatic heterocycles. The van der Waals surface area contributed by atoms with E-state index in [9.17, 15) is 9.59 Å². The first-order valence-electron chi connectivity index (χ1n) is 8.04. The van der Waals surface area contributed by atoms with Gasteiger partial charge in [-0.2, -0.15) is 0 Å². The normalized spacial score (nSPS) is 20.0. The second kappa shape index (κ2) is 6.38. The largest absolute Gasteiger partial charge is 0.442 e. The molecule has 1 atom stereocenters. The first kappa shape index (κ1) is 14.9. The number of rotatable bonds is 5. The minimum atomic E-state index is -0.326. The number of cyclic esters (lactones) is 1. The van der Waals surface area contributed by atoms with Crippen molar-refractivity contribution in [2.24, 2.45) is 0 Å². The van der Waals surface area contributed by atoms with Gasteiger partial charge in [-0.25, -0.2) is 4.79 Å². The van der Waals surface area contributed by atoms with Crippen molar-refractivity contribution in [3.8, 4) is 0 Å². The van der Waals surface area contributed by atoms with Crippen LogP contribution in [0.4, 0.5) is 10.5 Å². The van der Waals surface area contributed by atoms with Crippen LogP contribution in [0.25, 0.3) is 0 Å². The summed E-state index contributed by atoms with van der Waals surface area (Å²) >= 11 is 0. The molecule has 118 valence electrons. The Labute approximate surface area is 130 Å². The van der Waals surface area contributed by atoms with Gasteiger partial charge >= 0.3 is 6.09 Å². The number of carbonyl (C=O) groups is 2. The quantitative estimate of drug-likeness (QED) is 0.908. The summed E-state index contributed by atoms with van der Waals surface area (Å²) in [5.74, 6) is 0.00882. The van der Waals surface area contributed by atoms with Crippen molar-refractivity contribution in [1.29, 1.82) is 0 Å². The van der Waals surface area contributed by atoms with E-state index in [1.165, 1.54) is 17.5 Å². The van der Waals surface area contributed by atoms with Gasteiger partial charge in [0.1, 0.15) is 6.10 Å². The van der Waals surface area contributed by atoms with Gasteiger partial charge in [0, 0.05) is 12.1 Å². The number of anilines is 1. The highest BCUT2D eigenvalue weighted by Gasteiger charge is 2.32. The molecule has 0 saturated carbocycles. The van der Waals surface area contributed by atoms with Crippen LogP contribution < -0.4 is 10.2 Å². The van der Waals surface area contributed by atoms with Crippen molar-refractivity contribution in [1.82, 2.24) is 5.32 Å². The lowest BCUT2D eigenvalue weighted by Crippen LogP contribution is -2.34. The fraction of sp³-hybridized carbons (Fsp3) is 0.529. The number of hydrogen-bond donors (Lipinski definition) is 1. The highest BCUT2D eigenvalue weighted by atomic mass is 16.6. The van der Waals surface area contributed by atoms with E-state index in [1.807, 2.05) is 13.0 Å². The van der Waals surface area contributed by atoms with Crippen LogP contribution in [0.1, 0.15) is 37.3 Å². The molecule has 0 bridgehead atoms. The summed E-state index contributed by atoms with van der Waals surface area (Å²) in [6.07, 6.45) is 4.13. The highest BCUT2D eigenvalue weighted by molar-refractivity contribution is 5.90. The Morgan fingerprint density at radius 1 is 1.36 bits per heavy atom. The number of benzene rings is 1. The molecule has 1 heterocycles. The molecule has 0 unspecified atom stereocenters. The number of hydrogen-bond acceptors (Lipinski definition) is 3. The number of aryl methyl sites for hydroxylation is 2. The Balaban J connectivity index is 1.61. The molecule has 2 aliphatic rings. The third-order valence-electron chi connectivity index (χ3n) is 4.27. The Kier molecular flexibility index (Phi) is 4.32. The van der Waals surface area contributed by atoms with E-state index in [4.69, 9.17) is 4.74 Å². The summed E-state index contributed by atoms with van der Waals surface area (Å²) in [7, 11) is 0. The van der Waals surface area contributed by atoms with E-state index in [2.05, 4.69) is 17.4 Å². The average Bonchev–Trinajstić information content (AvgIpc) is 3.11. The van der Waals surface area contributed by atoms with Gasteiger partial charge in [0.25, 0.3) is 0 Å². The number of nitrogens with zero attached hydrogens (tertiary/aromatic N) is 1. The Morgan fingerprint density at radius 2 is 2.18 bits per heavy atom. The molecule has 5 heteroatoms. The van der Waals surface area contributed by atoms with Crippen LogP contribution >= 0.6 is 0 Å². The van der Waals surface area contributed by atoms with Gasteiger partial charge in [0.15, 0.2) is 0 Å². The monoisotopic (exact) mass is 302 g/mol. The number of ether oxygens (including phenoxy) is 1. The van der Waals surface area contributed by atoms with Gasteiger partial charge in [-0.05, 0) is 48.9 Å². The van der Waals surface area contributed by atoms with Crippen molar-refractivity contribution in [2.45, 2.75) is 45.1 Å². The maximum Gasteiger partial charge on any atom is 0.414 e. The third-order valence-corrected chi connectivity index (χ3v) is 4.27. The van der Waals surface area contributed by atoms with Crippen LogP contribution in [0.3, 0.4) is 0 Å². The summed E-state index contributed by atoms with van der Waals surface area (Å²) in [5.41, 5.74) is 3.62. The summed E-state index contributed by atoms with van der Waals surface area (Å²) in [6.45, 7) is 2.83. The third kappa shape index (κ3) is 3.08. The molecule has 1 saturated heterocycles. The van der Waals surface area contributed by atoms with Crippen LogP contribution in [0, 0.1) is 0 Å². The van der Waals surface area contributed by atoms with E-state index in [0.717, 1.165) is 24.9 Å². The maximum absolute atomic E-state index is 12.0. The zero-order chi connectivity index (χ0) is 15.5. The average molecular weight is 302 g/mol. The van der Waals surface area contributed by atoms with Crippen molar-refractivity contribution in [3.63, 3.8) is 0 Å². The molecule has 1 aromatic rings. The molecule has 1 N–H and O–H groups in total. The molecular weight excluding hydrogens is 280 g/mol. The van der Waals surface area contributed by atoms with E-state index < -0.39 is 0 Å². The molecule has 3 rings (SSSR count). The lowest BCUT2D eigenvalue weighted by molar-refractivity contribution is -0.121. The SMILES string of the molecule is CCCC(=O)NC[C@H]1CN(c2ccc3c(c2)CCC3)C(=O)O1. The van der Waals surface area contributed by atoms with Crippen LogP contribution in [0.15, 0.2) is 18.2 Å². The second-order valence-corrected chi connectivity index (χ2v) is 5.98. The summed E-state index contributed by atoms with van der Waals surface area (Å²) < 4.78 is 5.35. The smallest absolute Gasteiger partial charge is 0.414 e. The molecule has 1 aliphatic carbocycles. The van der Waals surface area contributed by atoms with Gasteiger partial charge in [0.05, 0.1) is 13.1 Å². The molecule has 0 spiro atoms. The Bertz CT molecular complexity index is 585. The maximum atomic E-state index is 12.0. The van der Waals surface area contributed by atoms with E-state index in [0.29, 0.717) is 19.5 Å². The predicted octanol–water partition coefficient (Wildman–Crippen LogP) is 2.42. The van der Waals surface area contributed by atoms with Gasteiger partial charge in [-0.1, -0.05) is 13.0 Å². The van der Waals surface area contributed by atoms with Crippen molar-refractivity contribution in [3.05, 3.63) is 29.3 Å². The Hall–Kier alpha value is -2.04. The molecule has 22 heavy (non-hydrogen) atoms. The lowest BCUT2D eigenvalue weighted by Gasteiger charge is -2.14. The van der Waals surface area contributed by atoms with Gasteiger partial charge in [-0.3, -0.25) is 9.69 Å². The van der Waals surface area contributed by atoms with Crippen LogP contribution in [0.2, 0.25) is 0 Å². The number of carbonyl (C=O) groups excluding carboxylic acids is 2. The summed E-state index contributed by atoms with van der Waals surface area (Å²) in [4.78, 5) is 25.2. The summed E-state index contributed by atoms with van der Waals surface area (Å²) in [5, 5.41) is 2.82. The topological polar surface area (TPSA) is 58.6 Å². The molecule has 0 radical (unpaired) electrons. The number of amides is 2. The molecule has 5 nitrogen and oxygen atoms in total. The van der Waals surface area contributed by atoms with Gasteiger partial charge < -0.3 is 10.1 Å². The van der Waals surface area contributed by atoms with Crippen molar-refractivity contribution < 1.29 is 14.3 Å². The fourth-order valence-corrected chi connectivity index (χ4v) is 3.11. The minimum Gasteiger partial charge on any atom is -0.442 e.